The first kappa shape index (κ1) is 11.3. The number of hydrogen-bond donors (Lipinski definition) is 0. The number of likely N-dealkylation sites (tertiary alicyclic amines) is 1. The van der Waals surface area contributed by atoms with Crippen LogP contribution in [0.4, 0.5) is 4.79 Å². The molecule has 90 valence electrons. The summed E-state index contributed by atoms with van der Waals surface area (Å²) >= 11 is 7.44. The summed E-state index contributed by atoms with van der Waals surface area (Å²) in [7, 11) is 1.48. The fourth-order valence-electron chi connectivity index (χ4n) is 4.04. The van der Waals surface area contributed by atoms with Crippen LogP contribution in [-0.2, 0) is 4.74 Å². The maximum atomic E-state index is 11.8. The molecule has 3 fully saturated rings. The molecule has 3 aliphatic rings. The highest BCUT2D eigenvalue weighted by Crippen LogP contribution is 2.70. The molecule has 0 unspecified atom stereocenters. The topological polar surface area (TPSA) is 29.3 Å². The van der Waals surface area contributed by atoms with E-state index >= 15 is 0 Å². The Morgan fingerprint density at radius 1 is 1.25 bits per heavy atom. The van der Waals surface area contributed by atoms with Crippen molar-refractivity contribution in [3.63, 3.8) is 0 Å². The van der Waals surface area contributed by atoms with E-state index in [0.29, 0.717) is 9.65 Å². The summed E-state index contributed by atoms with van der Waals surface area (Å²) in [6.07, 6.45) is 5.50. The summed E-state index contributed by atoms with van der Waals surface area (Å²) in [5.74, 6) is 0. The van der Waals surface area contributed by atoms with E-state index in [0.717, 1.165) is 25.7 Å². The van der Waals surface area contributed by atoms with Crippen LogP contribution in [0.5, 0.6) is 0 Å². The maximum Gasteiger partial charge on any atom is 0.410 e. The molecule has 1 amide bonds. The van der Waals surface area contributed by atoms with Crippen molar-refractivity contribution in [3.8, 4) is 0 Å². The van der Waals surface area contributed by atoms with Gasteiger partial charge in [-0.3, -0.25) is 4.90 Å². The Balaban J connectivity index is 1.93. The zero-order chi connectivity index (χ0) is 11.6. The highest BCUT2D eigenvalue weighted by molar-refractivity contribution is 9.12. The number of piperidine rings is 1. The highest BCUT2D eigenvalue weighted by atomic mass is 79.9. The van der Waals surface area contributed by atoms with Gasteiger partial charge in [0.25, 0.3) is 0 Å². The molecule has 0 N–H and O–H groups in total. The van der Waals surface area contributed by atoms with E-state index in [1.165, 1.54) is 13.5 Å². The smallest absolute Gasteiger partial charge is 0.410 e. The zero-order valence-corrected chi connectivity index (χ0v) is 12.4. The molecule has 4 atom stereocenters. The van der Waals surface area contributed by atoms with E-state index in [4.69, 9.17) is 4.74 Å². The molecule has 5 heteroatoms. The molecule has 0 radical (unpaired) electrons. The monoisotopic (exact) mass is 351 g/mol. The molecule has 1 aliphatic heterocycles. The fraction of sp³-hybridized carbons (Fsp3) is 0.909. The first-order valence-electron chi connectivity index (χ1n) is 5.74. The van der Waals surface area contributed by atoms with Gasteiger partial charge in [-0.05, 0) is 32.1 Å². The van der Waals surface area contributed by atoms with Gasteiger partial charge in [0.15, 0.2) is 0 Å². The van der Waals surface area contributed by atoms with Crippen LogP contribution < -0.4 is 0 Å². The summed E-state index contributed by atoms with van der Waals surface area (Å²) in [6.45, 7) is 0. The van der Waals surface area contributed by atoms with Gasteiger partial charge >= 0.3 is 6.09 Å². The minimum atomic E-state index is -0.138. The fourth-order valence-corrected chi connectivity index (χ4v) is 5.48. The van der Waals surface area contributed by atoms with Gasteiger partial charge in [0, 0.05) is 9.65 Å². The molecule has 2 aliphatic carbocycles. The maximum absolute atomic E-state index is 11.8. The highest BCUT2D eigenvalue weighted by Gasteiger charge is 2.81. The van der Waals surface area contributed by atoms with Crippen molar-refractivity contribution in [3.05, 3.63) is 0 Å². The number of methoxy groups -OCH3 is 1. The Morgan fingerprint density at radius 3 is 2.19 bits per heavy atom. The van der Waals surface area contributed by atoms with Crippen molar-refractivity contribution in [1.82, 2.24) is 4.90 Å². The van der Waals surface area contributed by atoms with E-state index in [1.54, 1.807) is 0 Å². The molecule has 2 saturated carbocycles. The number of rotatable bonds is 0. The molecule has 0 spiro atoms. The summed E-state index contributed by atoms with van der Waals surface area (Å²) in [6, 6.07) is 0. The molecular weight excluding hydrogens is 338 g/mol. The van der Waals surface area contributed by atoms with Crippen molar-refractivity contribution in [2.75, 3.05) is 7.11 Å². The largest absolute Gasteiger partial charge is 0.453 e. The summed E-state index contributed by atoms with van der Waals surface area (Å²) in [4.78, 5) is 14.8. The van der Waals surface area contributed by atoms with Gasteiger partial charge in [0.1, 0.15) is 0 Å². The number of alkyl halides is 2. The Hall–Kier alpha value is 0.230. The number of carbonyl (C=O) groups is 1. The van der Waals surface area contributed by atoms with Crippen molar-refractivity contribution in [2.24, 2.45) is 0 Å². The Labute approximate surface area is 112 Å². The van der Waals surface area contributed by atoms with Crippen LogP contribution in [0.3, 0.4) is 0 Å². The number of carbonyl (C=O) groups excluding carboxylic acids is 1. The van der Waals surface area contributed by atoms with E-state index in [9.17, 15) is 4.79 Å². The normalized spacial score (nSPS) is 49.6. The van der Waals surface area contributed by atoms with Gasteiger partial charge in [-0.1, -0.05) is 31.9 Å². The summed E-state index contributed by atoms with van der Waals surface area (Å²) < 4.78 is 4.92. The molecule has 3 rings (SSSR count). The Bertz CT molecular complexity index is 327. The number of hydrogen-bond acceptors (Lipinski definition) is 2. The van der Waals surface area contributed by atoms with Crippen LogP contribution in [0.2, 0.25) is 0 Å². The van der Waals surface area contributed by atoms with Crippen LogP contribution in [0.25, 0.3) is 0 Å². The van der Waals surface area contributed by atoms with Gasteiger partial charge in [-0.25, -0.2) is 4.79 Å². The molecule has 3 nitrogen and oxygen atoms in total. The number of nitrogens with zero attached hydrogens (tertiary/aromatic N) is 1. The average molecular weight is 353 g/mol. The minimum Gasteiger partial charge on any atom is -0.453 e. The molecule has 16 heavy (non-hydrogen) atoms. The third kappa shape index (κ3) is 1.12. The molecule has 1 heterocycles. The third-order valence-corrected chi connectivity index (χ3v) is 7.30. The van der Waals surface area contributed by atoms with Crippen molar-refractivity contribution in [2.45, 2.75) is 52.8 Å². The molecular formula is C11H15Br2NO2. The molecule has 0 bridgehead atoms. The Kier molecular flexibility index (Phi) is 2.39. The van der Waals surface area contributed by atoms with Crippen molar-refractivity contribution < 1.29 is 9.53 Å². The lowest BCUT2D eigenvalue weighted by Crippen LogP contribution is -2.36. The van der Waals surface area contributed by atoms with E-state index in [1.807, 2.05) is 4.90 Å². The van der Waals surface area contributed by atoms with Gasteiger partial charge in [-0.2, -0.15) is 0 Å². The lowest BCUT2D eigenvalue weighted by molar-refractivity contribution is 0.138. The summed E-state index contributed by atoms with van der Waals surface area (Å²) in [5.41, 5.74) is 0.219. The lowest BCUT2D eigenvalue weighted by atomic mass is 9.82. The molecule has 0 aromatic heterocycles. The quantitative estimate of drug-likeness (QED) is 0.495. The first-order valence-corrected chi connectivity index (χ1v) is 7.57. The first-order chi connectivity index (χ1) is 7.57. The standard InChI is InChI=1S/C11H15Br2NO2/c1-16-9(15)14-10-3-2-4-11(10,14)6-8(13)7(12)5-10/h7-8H,2-6H2,1H3/t7-,8+,10+,11-,14?. The summed E-state index contributed by atoms with van der Waals surface area (Å²) in [5, 5.41) is 0. The lowest BCUT2D eigenvalue weighted by Gasteiger charge is -2.28. The van der Waals surface area contributed by atoms with Gasteiger partial charge in [0.2, 0.25) is 0 Å². The second-order valence-electron chi connectivity index (χ2n) is 5.16. The second-order valence-corrected chi connectivity index (χ2v) is 7.51. The van der Waals surface area contributed by atoms with Crippen LogP contribution in [0.1, 0.15) is 32.1 Å². The van der Waals surface area contributed by atoms with Crippen molar-refractivity contribution >= 4 is 38.0 Å². The van der Waals surface area contributed by atoms with Gasteiger partial charge in [0.05, 0.1) is 18.2 Å². The SMILES string of the molecule is COC(=O)N1[C@@]23CCC[C@@]12C[C@@H](Br)[C@@H](Br)C3. The predicted octanol–water partition coefficient (Wildman–Crippen LogP) is 3.05. The Morgan fingerprint density at radius 2 is 1.75 bits per heavy atom. The second kappa shape index (κ2) is 3.37. The van der Waals surface area contributed by atoms with Crippen LogP contribution in [0.15, 0.2) is 0 Å². The van der Waals surface area contributed by atoms with E-state index in [2.05, 4.69) is 31.9 Å². The van der Waals surface area contributed by atoms with Gasteiger partial charge < -0.3 is 4.74 Å². The molecule has 0 aromatic carbocycles. The zero-order valence-electron chi connectivity index (χ0n) is 9.21. The van der Waals surface area contributed by atoms with Crippen molar-refractivity contribution in [1.29, 1.82) is 0 Å². The van der Waals surface area contributed by atoms with Gasteiger partial charge in [-0.15, -0.1) is 0 Å². The predicted molar refractivity (Wildman–Crippen MR) is 68.2 cm³/mol. The van der Waals surface area contributed by atoms with E-state index in [-0.39, 0.29) is 17.2 Å². The minimum absolute atomic E-state index is 0.110. The number of halogens is 2. The van der Waals surface area contributed by atoms with Crippen LogP contribution >= 0.6 is 31.9 Å². The number of ether oxygens (including phenoxy) is 1. The average Bonchev–Trinajstić information content (AvgIpc) is 2.60. The molecule has 1 saturated heterocycles. The number of amides is 1. The van der Waals surface area contributed by atoms with Crippen LogP contribution in [-0.4, -0.2) is 38.8 Å². The third-order valence-electron chi connectivity index (χ3n) is 4.67. The molecule has 0 aromatic rings. The van der Waals surface area contributed by atoms with Crippen LogP contribution in [0, 0.1) is 0 Å². The van der Waals surface area contributed by atoms with E-state index < -0.39 is 0 Å².